The maximum absolute atomic E-state index is 13.5. The van der Waals surface area contributed by atoms with E-state index >= 15 is 0 Å². The molecule has 0 radical (unpaired) electrons. The number of nitrogens with one attached hydrogen (secondary N) is 1. The number of hydrogen-bond donors (Lipinski definition) is 1. The Morgan fingerprint density at radius 3 is 2.54 bits per heavy atom. The normalized spacial score (nSPS) is 19.1. The Labute approximate surface area is 210 Å². The average molecular weight is 488 g/mol. The number of ether oxygens (including phenoxy) is 1. The fourth-order valence-electron chi connectivity index (χ4n) is 4.36. The van der Waals surface area contributed by atoms with Gasteiger partial charge in [0.2, 0.25) is 5.91 Å². The molecule has 3 aliphatic rings. The Morgan fingerprint density at radius 1 is 1.11 bits per heavy atom. The number of benzene rings is 2. The molecular weight excluding hydrogens is 458 g/mol. The number of carbonyl (C=O) groups excluding carboxylic acids is 2. The molecule has 0 spiro atoms. The number of nitrogens with zero attached hydrogens (tertiary/aromatic N) is 2. The van der Waals surface area contributed by atoms with Crippen LogP contribution in [0.2, 0.25) is 0 Å². The number of thioether (sulfide) groups is 1. The van der Waals surface area contributed by atoms with Gasteiger partial charge in [-0.1, -0.05) is 71.9 Å². The summed E-state index contributed by atoms with van der Waals surface area (Å²) in [6.45, 7) is 4.84. The molecule has 5 rings (SSSR count). The highest BCUT2D eigenvalue weighted by atomic mass is 32.2. The molecule has 0 unspecified atom stereocenters. The fraction of sp³-hybridized carbons (Fsp3) is 0.321. The van der Waals surface area contributed by atoms with Crippen molar-refractivity contribution < 1.29 is 14.3 Å². The van der Waals surface area contributed by atoms with Crippen molar-refractivity contribution >= 4 is 34.5 Å². The molecule has 35 heavy (non-hydrogen) atoms. The third-order valence-corrected chi connectivity index (χ3v) is 7.26. The van der Waals surface area contributed by atoms with Crippen molar-refractivity contribution in [2.24, 2.45) is 10.9 Å². The van der Waals surface area contributed by atoms with Gasteiger partial charge in [0.15, 0.2) is 5.17 Å². The van der Waals surface area contributed by atoms with Crippen molar-refractivity contribution in [3.63, 3.8) is 0 Å². The van der Waals surface area contributed by atoms with E-state index in [9.17, 15) is 9.59 Å². The van der Waals surface area contributed by atoms with Crippen molar-refractivity contribution in [2.75, 3.05) is 13.2 Å². The summed E-state index contributed by atoms with van der Waals surface area (Å²) in [6.07, 6.45) is 2.61. The van der Waals surface area contributed by atoms with Gasteiger partial charge in [0.1, 0.15) is 0 Å². The zero-order valence-corrected chi connectivity index (χ0v) is 20.8. The first kappa shape index (κ1) is 23.4. The predicted octanol–water partition coefficient (Wildman–Crippen LogP) is 5.19. The quantitative estimate of drug-likeness (QED) is 0.519. The highest BCUT2D eigenvalue weighted by Gasteiger charge is 2.42. The Hall–Kier alpha value is -3.32. The number of esters is 1. The molecule has 180 valence electrons. The molecule has 1 N–H and O–H groups in total. The lowest BCUT2D eigenvalue weighted by Crippen LogP contribution is -2.38. The molecule has 1 amide bonds. The maximum Gasteiger partial charge on any atom is 0.338 e. The van der Waals surface area contributed by atoms with E-state index in [2.05, 4.69) is 5.32 Å². The van der Waals surface area contributed by atoms with E-state index in [1.54, 1.807) is 6.92 Å². The smallest absolute Gasteiger partial charge is 0.338 e. The molecule has 1 fully saturated rings. The minimum atomic E-state index is -0.449. The van der Waals surface area contributed by atoms with Crippen LogP contribution >= 0.6 is 11.8 Å². The number of rotatable bonds is 8. The SMILES string of the molecule is CCOC(=O)C1=C(c2ccccc2)N=C2SC=C(CC(=O)NCC3CC3)N2[C@@H]1c1ccc(C)cc1. The lowest BCUT2D eigenvalue weighted by molar-refractivity contribution is -0.139. The molecular formula is C28H29N3O3S. The average Bonchev–Trinajstić information content (AvgIpc) is 3.62. The van der Waals surface area contributed by atoms with E-state index in [-0.39, 0.29) is 18.9 Å². The lowest BCUT2D eigenvalue weighted by Gasteiger charge is -2.36. The fourth-order valence-corrected chi connectivity index (χ4v) is 5.28. The van der Waals surface area contributed by atoms with Gasteiger partial charge in [-0.25, -0.2) is 9.79 Å². The van der Waals surface area contributed by atoms with Gasteiger partial charge >= 0.3 is 5.97 Å². The van der Waals surface area contributed by atoms with E-state index in [1.807, 2.05) is 71.8 Å². The summed E-state index contributed by atoms with van der Waals surface area (Å²) in [5.74, 6) is 0.211. The second-order valence-corrected chi connectivity index (χ2v) is 9.91. The Balaban J connectivity index is 1.58. The van der Waals surface area contributed by atoms with Gasteiger partial charge < -0.3 is 15.0 Å². The second-order valence-electron chi connectivity index (χ2n) is 9.08. The van der Waals surface area contributed by atoms with Crippen LogP contribution < -0.4 is 5.32 Å². The minimum absolute atomic E-state index is 0.0109. The Bertz CT molecular complexity index is 1210. The van der Waals surface area contributed by atoms with E-state index in [4.69, 9.17) is 9.73 Å². The first-order valence-corrected chi connectivity index (χ1v) is 13.0. The zero-order valence-electron chi connectivity index (χ0n) is 20.0. The topological polar surface area (TPSA) is 71.0 Å². The second kappa shape index (κ2) is 10.1. The highest BCUT2D eigenvalue weighted by molar-refractivity contribution is 8.16. The van der Waals surface area contributed by atoms with Gasteiger partial charge in [-0.15, -0.1) is 0 Å². The first-order chi connectivity index (χ1) is 17.0. The summed E-state index contributed by atoms with van der Waals surface area (Å²) in [7, 11) is 0. The number of amidine groups is 1. The van der Waals surface area contributed by atoms with Crippen LogP contribution in [0.25, 0.3) is 5.70 Å². The first-order valence-electron chi connectivity index (χ1n) is 12.1. The number of fused-ring (bicyclic) bond motifs is 1. The summed E-state index contributed by atoms with van der Waals surface area (Å²) in [5.41, 5.74) is 4.87. The standard InChI is InChI=1S/C28H29N3O3S/c1-3-34-27(33)24-25(20-7-5-4-6-8-20)30-28-31(26(24)21-13-9-18(2)10-14-21)22(17-35-28)15-23(32)29-16-19-11-12-19/h4-10,13-14,17,19,26H,3,11-12,15-16H2,1-2H3,(H,29,32)/t26-/m1/s1. The van der Waals surface area contributed by atoms with Crippen LogP contribution in [0.4, 0.5) is 0 Å². The maximum atomic E-state index is 13.5. The van der Waals surface area contributed by atoms with E-state index < -0.39 is 12.0 Å². The predicted molar refractivity (Wildman–Crippen MR) is 139 cm³/mol. The summed E-state index contributed by atoms with van der Waals surface area (Å²) in [6, 6.07) is 17.5. The summed E-state index contributed by atoms with van der Waals surface area (Å²) in [4.78, 5) is 33.2. The zero-order chi connectivity index (χ0) is 24.4. The molecule has 7 heteroatoms. The molecule has 0 bridgehead atoms. The number of aliphatic imine (C=N–C) groups is 1. The summed E-state index contributed by atoms with van der Waals surface area (Å²) < 4.78 is 5.55. The molecule has 6 nitrogen and oxygen atoms in total. The van der Waals surface area contributed by atoms with Crippen molar-refractivity contribution in [2.45, 2.75) is 39.2 Å². The number of carbonyl (C=O) groups is 2. The molecule has 2 aliphatic heterocycles. The molecule has 2 aromatic rings. The van der Waals surface area contributed by atoms with Crippen molar-refractivity contribution in [3.8, 4) is 0 Å². The number of aryl methyl sites for hydroxylation is 1. The van der Waals surface area contributed by atoms with Crippen molar-refractivity contribution in [1.82, 2.24) is 10.2 Å². The van der Waals surface area contributed by atoms with Crippen molar-refractivity contribution in [1.29, 1.82) is 0 Å². The Kier molecular flexibility index (Phi) is 6.77. The Morgan fingerprint density at radius 2 is 1.86 bits per heavy atom. The third-order valence-electron chi connectivity index (χ3n) is 6.37. The van der Waals surface area contributed by atoms with Gasteiger partial charge in [0.05, 0.1) is 30.3 Å². The molecule has 0 aromatic heterocycles. The number of hydrogen-bond acceptors (Lipinski definition) is 6. The van der Waals surface area contributed by atoms with E-state index in [1.165, 1.54) is 24.6 Å². The van der Waals surface area contributed by atoms with Crippen LogP contribution in [-0.2, 0) is 14.3 Å². The van der Waals surface area contributed by atoms with E-state index in [0.717, 1.165) is 34.1 Å². The number of amides is 1. The van der Waals surface area contributed by atoms with Crippen LogP contribution in [-0.4, -0.2) is 35.1 Å². The molecule has 2 heterocycles. The van der Waals surface area contributed by atoms with Crippen LogP contribution in [0.1, 0.15) is 48.9 Å². The van der Waals surface area contributed by atoms with E-state index in [0.29, 0.717) is 17.2 Å². The molecule has 1 atom stereocenters. The van der Waals surface area contributed by atoms with Crippen molar-refractivity contribution in [3.05, 3.63) is 88.0 Å². The van der Waals surface area contributed by atoms with Crippen LogP contribution in [0, 0.1) is 12.8 Å². The largest absolute Gasteiger partial charge is 0.463 e. The van der Waals surface area contributed by atoms with Crippen LogP contribution in [0.15, 0.2) is 76.3 Å². The van der Waals surface area contributed by atoms with Gasteiger partial charge in [0, 0.05) is 17.8 Å². The summed E-state index contributed by atoms with van der Waals surface area (Å²) in [5, 5.41) is 5.80. The summed E-state index contributed by atoms with van der Waals surface area (Å²) >= 11 is 1.49. The van der Waals surface area contributed by atoms with Gasteiger partial charge in [-0.05, 0) is 43.6 Å². The third kappa shape index (κ3) is 5.05. The monoisotopic (exact) mass is 487 g/mol. The molecule has 2 aromatic carbocycles. The highest BCUT2D eigenvalue weighted by Crippen LogP contribution is 2.47. The lowest BCUT2D eigenvalue weighted by atomic mass is 9.91. The molecule has 1 saturated carbocycles. The van der Waals surface area contributed by atoms with Gasteiger partial charge in [-0.3, -0.25) is 4.79 Å². The van der Waals surface area contributed by atoms with Gasteiger partial charge in [0.25, 0.3) is 0 Å². The van der Waals surface area contributed by atoms with Gasteiger partial charge in [-0.2, -0.15) is 0 Å². The minimum Gasteiger partial charge on any atom is -0.463 e. The molecule has 1 aliphatic carbocycles. The van der Waals surface area contributed by atoms with Crippen LogP contribution in [0.3, 0.4) is 0 Å². The molecule has 0 saturated heterocycles. The van der Waals surface area contributed by atoms with Crippen LogP contribution in [0.5, 0.6) is 0 Å².